The summed E-state index contributed by atoms with van der Waals surface area (Å²) in [5.74, 6) is 0.560. The van der Waals surface area contributed by atoms with Crippen molar-refractivity contribution in [2.24, 2.45) is 0 Å². The zero-order chi connectivity index (χ0) is 13.8. The van der Waals surface area contributed by atoms with E-state index in [1.54, 1.807) is 17.0 Å². The van der Waals surface area contributed by atoms with Crippen LogP contribution in [0.5, 0.6) is 0 Å². The molecule has 1 aromatic carbocycles. The quantitative estimate of drug-likeness (QED) is 0.892. The van der Waals surface area contributed by atoms with E-state index in [4.69, 9.17) is 0 Å². The summed E-state index contributed by atoms with van der Waals surface area (Å²) in [6, 6.07) is 10.00. The van der Waals surface area contributed by atoms with Gasteiger partial charge in [0, 0.05) is 38.6 Å². The van der Waals surface area contributed by atoms with Crippen LogP contribution in [0.4, 0.5) is 5.82 Å². The molecule has 5 heteroatoms. The van der Waals surface area contributed by atoms with Crippen LogP contribution in [0.25, 0.3) is 0 Å². The van der Waals surface area contributed by atoms with Crippen LogP contribution in [0.15, 0.2) is 47.5 Å². The fourth-order valence-corrected chi connectivity index (χ4v) is 2.43. The lowest BCUT2D eigenvalue weighted by Gasteiger charge is -2.27. The number of nitrogens with one attached hydrogen (secondary N) is 1. The van der Waals surface area contributed by atoms with E-state index >= 15 is 0 Å². The summed E-state index contributed by atoms with van der Waals surface area (Å²) in [4.78, 5) is 18.8. The van der Waals surface area contributed by atoms with Gasteiger partial charge in [-0.05, 0) is 5.56 Å². The Morgan fingerprint density at radius 1 is 1.15 bits per heavy atom. The van der Waals surface area contributed by atoms with Gasteiger partial charge in [-0.15, -0.1) is 0 Å². The molecule has 2 aromatic rings. The van der Waals surface area contributed by atoms with Gasteiger partial charge in [0.15, 0.2) is 5.82 Å². The predicted octanol–water partition coefficient (Wildman–Crippen LogP) is 0.701. The number of benzene rings is 1. The SMILES string of the molecule is O=c1c(N2CCNCC2)nccn1Cc1ccccc1. The van der Waals surface area contributed by atoms with E-state index in [9.17, 15) is 4.79 Å². The van der Waals surface area contributed by atoms with E-state index in [0.717, 1.165) is 31.7 Å². The van der Waals surface area contributed by atoms with Crippen molar-refractivity contribution in [2.75, 3.05) is 31.1 Å². The third kappa shape index (κ3) is 2.72. The van der Waals surface area contributed by atoms with Gasteiger partial charge < -0.3 is 14.8 Å². The highest BCUT2D eigenvalue weighted by molar-refractivity contribution is 5.36. The maximum absolute atomic E-state index is 12.5. The molecule has 1 N–H and O–H groups in total. The van der Waals surface area contributed by atoms with Gasteiger partial charge in [-0.2, -0.15) is 0 Å². The van der Waals surface area contributed by atoms with Gasteiger partial charge >= 0.3 is 0 Å². The van der Waals surface area contributed by atoms with E-state index in [2.05, 4.69) is 15.2 Å². The largest absolute Gasteiger partial charge is 0.349 e. The minimum Gasteiger partial charge on any atom is -0.349 e. The van der Waals surface area contributed by atoms with E-state index in [1.807, 2.05) is 30.3 Å². The number of piperazine rings is 1. The van der Waals surface area contributed by atoms with Crippen LogP contribution in [0.1, 0.15) is 5.56 Å². The molecular weight excluding hydrogens is 252 g/mol. The maximum atomic E-state index is 12.5. The molecule has 5 nitrogen and oxygen atoms in total. The van der Waals surface area contributed by atoms with Crippen LogP contribution in [0, 0.1) is 0 Å². The fraction of sp³-hybridized carbons (Fsp3) is 0.333. The molecule has 1 fully saturated rings. The lowest BCUT2D eigenvalue weighted by Crippen LogP contribution is -2.46. The number of aromatic nitrogens is 2. The third-order valence-corrected chi connectivity index (χ3v) is 3.51. The van der Waals surface area contributed by atoms with Crippen molar-refractivity contribution in [1.82, 2.24) is 14.9 Å². The highest BCUT2D eigenvalue weighted by Gasteiger charge is 2.16. The monoisotopic (exact) mass is 270 g/mol. The Balaban J connectivity index is 1.87. The third-order valence-electron chi connectivity index (χ3n) is 3.51. The highest BCUT2D eigenvalue weighted by Crippen LogP contribution is 2.06. The second-order valence-electron chi connectivity index (χ2n) is 4.91. The van der Waals surface area contributed by atoms with Gasteiger partial charge in [0.1, 0.15) is 0 Å². The molecule has 1 aliphatic rings. The van der Waals surface area contributed by atoms with Crippen LogP contribution in [-0.2, 0) is 6.54 Å². The molecule has 0 atom stereocenters. The maximum Gasteiger partial charge on any atom is 0.293 e. The summed E-state index contributed by atoms with van der Waals surface area (Å²) in [6.07, 6.45) is 3.46. The summed E-state index contributed by atoms with van der Waals surface area (Å²) in [7, 11) is 0. The Bertz CT molecular complexity index is 617. The Morgan fingerprint density at radius 3 is 2.65 bits per heavy atom. The van der Waals surface area contributed by atoms with E-state index in [-0.39, 0.29) is 5.56 Å². The molecule has 2 heterocycles. The zero-order valence-electron chi connectivity index (χ0n) is 11.3. The lowest BCUT2D eigenvalue weighted by molar-refractivity contribution is 0.579. The van der Waals surface area contributed by atoms with Crippen molar-refractivity contribution in [3.8, 4) is 0 Å². The number of hydrogen-bond donors (Lipinski definition) is 1. The Hall–Kier alpha value is -2.14. The van der Waals surface area contributed by atoms with E-state index in [0.29, 0.717) is 12.4 Å². The van der Waals surface area contributed by atoms with Crippen molar-refractivity contribution < 1.29 is 0 Å². The average Bonchev–Trinajstić information content (AvgIpc) is 2.51. The molecule has 0 spiro atoms. The van der Waals surface area contributed by atoms with Crippen molar-refractivity contribution in [1.29, 1.82) is 0 Å². The van der Waals surface area contributed by atoms with Gasteiger partial charge in [0.05, 0.1) is 6.54 Å². The molecule has 0 radical (unpaired) electrons. The van der Waals surface area contributed by atoms with Gasteiger partial charge in [-0.1, -0.05) is 30.3 Å². The van der Waals surface area contributed by atoms with Crippen LogP contribution >= 0.6 is 0 Å². The number of rotatable bonds is 3. The van der Waals surface area contributed by atoms with Crippen molar-refractivity contribution in [3.05, 3.63) is 58.6 Å². The second kappa shape index (κ2) is 5.88. The normalized spacial score (nSPS) is 15.3. The van der Waals surface area contributed by atoms with Gasteiger partial charge in [0.25, 0.3) is 5.56 Å². The average molecular weight is 270 g/mol. The van der Waals surface area contributed by atoms with Crippen LogP contribution in [-0.4, -0.2) is 35.7 Å². The first kappa shape index (κ1) is 12.9. The first-order chi connectivity index (χ1) is 9.84. The molecule has 0 aliphatic carbocycles. The lowest BCUT2D eigenvalue weighted by atomic mass is 10.2. The van der Waals surface area contributed by atoms with E-state index in [1.165, 1.54) is 0 Å². The molecule has 0 bridgehead atoms. The van der Waals surface area contributed by atoms with Crippen molar-refractivity contribution in [3.63, 3.8) is 0 Å². The molecule has 0 amide bonds. The summed E-state index contributed by atoms with van der Waals surface area (Å²) >= 11 is 0. The second-order valence-corrected chi connectivity index (χ2v) is 4.91. The minimum absolute atomic E-state index is 0.0155. The van der Waals surface area contributed by atoms with Gasteiger partial charge in [-0.25, -0.2) is 4.98 Å². The molecule has 104 valence electrons. The fourth-order valence-electron chi connectivity index (χ4n) is 2.43. The Labute approximate surface area is 117 Å². The molecule has 3 rings (SSSR count). The molecule has 1 saturated heterocycles. The summed E-state index contributed by atoms with van der Waals surface area (Å²) < 4.78 is 1.72. The van der Waals surface area contributed by atoms with Crippen molar-refractivity contribution in [2.45, 2.75) is 6.54 Å². The Morgan fingerprint density at radius 2 is 1.90 bits per heavy atom. The molecule has 0 saturated carbocycles. The summed E-state index contributed by atoms with van der Waals surface area (Å²) in [6.45, 7) is 4.04. The number of nitrogens with zero attached hydrogens (tertiary/aromatic N) is 3. The molecular formula is C15H18N4O. The molecule has 0 unspecified atom stereocenters. The summed E-state index contributed by atoms with van der Waals surface area (Å²) in [5.41, 5.74) is 1.10. The number of hydrogen-bond acceptors (Lipinski definition) is 4. The van der Waals surface area contributed by atoms with Crippen molar-refractivity contribution >= 4 is 5.82 Å². The number of anilines is 1. The molecule has 1 aromatic heterocycles. The standard InChI is InChI=1S/C15H18N4O/c20-15-14(18-9-6-16-7-10-18)17-8-11-19(15)12-13-4-2-1-3-5-13/h1-5,8,11,16H,6-7,9-10,12H2. The van der Waals surface area contributed by atoms with Crippen LogP contribution in [0.3, 0.4) is 0 Å². The minimum atomic E-state index is -0.0155. The molecule has 20 heavy (non-hydrogen) atoms. The molecule has 1 aliphatic heterocycles. The Kier molecular flexibility index (Phi) is 3.78. The zero-order valence-corrected chi connectivity index (χ0v) is 11.3. The first-order valence-electron chi connectivity index (χ1n) is 6.89. The summed E-state index contributed by atoms with van der Waals surface area (Å²) in [5, 5.41) is 3.28. The van der Waals surface area contributed by atoms with E-state index < -0.39 is 0 Å². The van der Waals surface area contributed by atoms with Gasteiger partial charge in [-0.3, -0.25) is 4.79 Å². The highest BCUT2D eigenvalue weighted by atomic mass is 16.1. The van der Waals surface area contributed by atoms with Crippen LogP contribution in [0.2, 0.25) is 0 Å². The van der Waals surface area contributed by atoms with Crippen LogP contribution < -0.4 is 15.8 Å². The topological polar surface area (TPSA) is 50.2 Å². The van der Waals surface area contributed by atoms with Gasteiger partial charge in [0.2, 0.25) is 0 Å². The first-order valence-corrected chi connectivity index (χ1v) is 6.89. The predicted molar refractivity (Wildman–Crippen MR) is 79.1 cm³/mol. The smallest absolute Gasteiger partial charge is 0.293 e.